The van der Waals surface area contributed by atoms with Crippen LogP contribution in [0.1, 0.15) is 20.3 Å². The molecule has 0 rings (SSSR count). The summed E-state index contributed by atoms with van der Waals surface area (Å²) in [4.78, 5) is 33.6. The fourth-order valence-corrected chi connectivity index (χ4v) is 1.16. The maximum Gasteiger partial charge on any atom is 0.323 e. The van der Waals surface area contributed by atoms with E-state index >= 15 is 0 Å². The second-order valence-electron chi connectivity index (χ2n) is 3.53. The van der Waals surface area contributed by atoms with E-state index in [1.165, 1.54) is 40.2 Å². The smallest absolute Gasteiger partial charge is 0.323 e. The number of ketones is 1. The molecule has 0 spiro atoms. The van der Waals surface area contributed by atoms with E-state index in [1.54, 1.807) is 0 Å². The predicted octanol–water partition coefficient (Wildman–Crippen LogP) is 0.874. The van der Waals surface area contributed by atoms with Crippen molar-refractivity contribution in [1.82, 2.24) is 0 Å². The highest BCUT2D eigenvalue weighted by atomic mass is 16.5. The quantitative estimate of drug-likeness (QED) is 0.397. The van der Waals surface area contributed by atoms with E-state index in [2.05, 4.69) is 9.47 Å². The van der Waals surface area contributed by atoms with Crippen LogP contribution in [0.3, 0.4) is 0 Å². The van der Waals surface area contributed by atoms with Gasteiger partial charge in [0.1, 0.15) is 0 Å². The topological polar surface area (TPSA) is 69.7 Å². The number of carbonyl (C=O) groups excluding carboxylic acids is 3. The zero-order valence-corrected chi connectivity index (χ0v) is 9.90. The summed E-state index contributed by atoms with van der Waals surface area (Å²) in [5.41, 5.74) is -1.41. The molecule has 0 atom stereocenters. The molecule has 0 saturated carbocycles. The molecule has 0 aromatic rings. The lowest BCUT2D eigenvalue weighted by Crippen LogP contribution is -2.38. The molecule has 0 aliphatic rings. The number of esters is 2. The third-order valence-electron chi connectivity index (χ3n) is 2.15. The van der Waals surface area contributed by atoms with Gasteiger partial charge in [-0.05, 0) is 26.3 Å². The molecule has 16 heavy (non-hydrogen) atoms. The Kier molecular flexibility index (Phi) is 5.42. The van der Waals surface area contributed by atoms with E-state index in [1.807, 2.05) is 0 Å². The van der Waals surface area contributed by atoms with Crippen molar-refractivity contribution in [3.05, 3.63) is 12.2 Å². The fourth-order valence-electron chi connectivity index (χ4n) is 1.16. The Morgan fingerprint density at radius 1 is 1.12 bits per heavy atom. The summed E-state index contributed by atoms with van der Waals surface area (Å²) < 4.78 is 9.07. The molecule has 90 valence electrons. The van der Waals surface area contributed by atoms with Crippen LogP contribution in [-0.2, 0) is 23.9 Å². The largest absolute Gasteiger partial charge is 0.468 e. The van der Waals surface area contributed by atoms with Crippen LogP contribution in [0.25, 0.3) is 0 Å². The Morgan fingerprint density at radius 2 is 1.56 bits per heavy atom. The maximum atomic E-state index is 11.5. The number of hydrogen-bond acceptors (Lipinski definition) is 5. The standard InChI is InChI=1S/C11H16O5/c1-8(12)6-5-7-11(2,9(13)15-3)10(14)16-4/h5-6H,7H2,1-4H3/b6-5+. The van der Waals surface area contributed by atoms with E-state index in [0.29, 0.717) is 0 Å². The van der Waals surface area contributed by atoms with Crippen molar-refractivity contribution in [3.63, 3.8) is 0 Å². The SMILES string of the molecule is COC(=O)C(C)(C/C=C/C(C)=O)C(=O)OC. The van der Waals surface area contributed by atoms with Crippen LogP contribution in [-0.4, -0.2) is 31.9 Å². The summed E-state index contributed by atoms with van der Waals surface area (Å²) in [5, 5.41) is 0. The van der Waals surface area contributed by atoms with Gasteiger partial charge in [0, 0.05) is 0 Å². The first-order chi connectivity index (χ1) is 7.38. The second-order valence-corrected chi connectivity index (χ2v) is 3.53. The predicted molar refractivity (Wildman–Crippen MR) is 56.6 cm³/mol. The highest BCUT2D eigenvalue weighted by Crippen LogP contribution is 2.25. The third kappa shape index (κ3) is 3.49. The summed E-state index contributed by atoms with van der Waals surface area (Å²) >= 11 is 0. The van der Waals surface area contributed by atoms with Crippen LogP contribution in [0.2, 0.25) is 0 Å². The Hall–Kier alpha value is -1.65. The minimum Gasteiger partial charge on any atom is -0.468 e. The Balaban J connectivity index is 4.88. The number of rotatable bonds is 5. The van der Waals surface area contributed by atoms with E-state index < -0.39 is 17.4 Å². The van der Waals surface area contributed by atoms with Crippen molar-refractivity contribution in [2.75, 3.05) is 14.2 Å². The van der Waals surface area contributed by atoms with Crippen molar-refractivity contribution in [1.29, 1.82) is 0 Å². The van der Waals surface area contributed by atoms with Gasteiger partial charge in [0.25, 0.3) is 0 Å². The summed E-state index contributed by atoms with van der Waals surface area (Å²) in [7, 11) is 2.39. The van der Waals surface area contributed by atoms with Gasteiger partial charge in [-0.3, -0.25) is 14.4 Å². The first kappa shape index (κ1) is 14.3. The Morgan fingerprint density at radius 3 is 1.88 bits per heavy atom. The summed E-state index contributed by atoms with van der Waals surface area (Å²) in [6.45, 7) is 2.79. The number of hydrogen-bond donors (Lipinski definition) is 0. The van der Waals surface area contributed by atoms with Gasteiger partial charge in [-0.25, -0.2) is 0 Å². The molecule has 0 aromatic heterocycles. The highest BCUT2D eigenvalue weighted by molar-refractivity contribution is 5.99. The normalized spacial score (nSPS) is 11.2. The molecule has 0 radical (unpaired) electrons. The average Bonchev–Trinajstić information content (AvgIpc) is 2.25. The van der Waals surface area contributed by atoms with Gasteiger partial charge in [-0.1, -0.05) is 6.08 Å². The molecule has 0 aliphatic carbocycles. The first-order valence-corrected chi connectivity index (χ1v) is 4.72. The van der Waals surface area contributed by atoms with Gasteiger partial charge < -0.3 is 9.47 Å². The minimum atomic E-state index is -1.41. The minimum absolute atomic E-state index is 0.0614. The molecule has 0 bridgehead atoms. The van der Waals surface area contributed by atoms with E-state index in [-0.39, 0.29) is 12.2 Å². The molecule has 0 fully saturated rings. The van der Waals surface area contributed by atoms with Crippen molar-refractivity contribution in [3.8, 4) is 0 Å². The van der Waals surface area contributed by atoms with Gasteiger partial charge in [-0.2, -0.15) is 0 Å². The van der Waals surface area contributed by atoms with Gasteiger partial charge >= 0.3 is 11.9 Å². The molecular formula is C11H16O5. The molecular weight excluding hydrogens is 212 g/mol. The molecule has 0 heterocycles. The van der Waals surface area contributed by atoms with Crippen LogP contribution < -0.4 is 0 Å². The van der Waals surface area contributed by atoms with Crippen LogP contribution in [0.15, 0.2) is 12.2 Å². The van der Waals surface area contributed by atoms with E-state index in [0.717, 1.165) is 0 Å². The Bertz CT molecular complexity index is 300. The highest BCUT2D eigenvalue weighted by Gasteiger charge is 2.42. The summed E-state index contributed by atoms with van der Waals surface area (Å²) in [6, 6.07) is 0. The number of ether oxygens (including phenoxy) is 2. The lowest BCUT2D eigenvalue weighted by atomic mass is 9.86. The van der Waals surface area contributed by atoms with Crippen LogP contribution in [0.4, 0.5) is 0 Å². The zero-order chi connectivity index (χ0) is 12.8. The van der Waals surface area contributed by atoms with Gasteiger partial charge in [0.2, 0.25) is 0 Å². The molecule has 5 heteroatoms. The maximum absolute atomic E-state index is 11.5. The van der Waals surface area contributed by atoms with Crippen molar-refractivity contribution in [2.45, 2.75) is 20.3 Å². The van der Waals surface area contributed by atoms with Crippen molar-refractivity contribution < 1.29 is 23.9 Å². The molecule has 0 unspecified atom stereocenters. The first-order valence-electron chi connectivity index (χ1n) is 4.72. The van der Waals surface area contributed by atoms with Crippen LogP contribution in [0, 0.1) is 5.41 Å². The van der Waals surface area contributed by atoms with Gasteiger partial charge in [-0.15, -0.1) is 0 Å². The van der Waals surface area contributed by atoms with Crippen molar-refractivity contribution in [2.24, 2.45) is 5.41 Å². The van der Waals surface area contributed by atoms with E-state index in [4.69, 9.17) is 0 Å². The molecule has 0 N–H and O–H groups in total. The fraction of sp³-hybridized carbons (Fsp3) is 0.545. The van der Waals surface area contributed by atoms with Gasteiger partial charge in [0.05, 0.1) is 14.2 Å². The van der Waals surface area contributed by atoms with Crippen LogP contribution >= 0.6 is 0 Å². The summed E-state index contributed by atoms with van der Waals surface area (Å²) in [5.74, 6) is -1.53. The zero-order valence-electron chi connectivity index (χ0n) is 9.90. The van der Waals surface area contributed by atoms with Gasteiger partial charge in [0.15, 0.2) is 11.2 Å². The average molecular weight is 228 g/mol. The molecule has 0 saturated heterocycles. The molecule has 0 amide bonds. The van der Waals surface area contributed by atoms with E-state index in [9.17, 15) is 14.4 Å². The monoisotopic (exact) mass is 228 g/mol. The summed E-state index contributed by atoms with van der Waals surface area (Å²) in [6.07, 6.45) is 2.81. The molecule has 5 nitrogen and oxygen atoms in total. The van der Waals surface area contributed by atoms with Crippen LogP contribution in [0.5, 0.6) is 0 Å². The third-order valence-corrected chi connectivity index (χ3v) is 2.15. The lowest BCUT2D eigenvalue weighted by molar-refractivity contribution is -0.167. The number of methoxy groups -OCH3 is 2. The number of allylic oxidation sites excluding steroid dienone is 2. The number of carbonyl (C=O) groups is 3. The lowest BCUT2D eigenvalue weighted by Gasteiger charge is -2.21. The molecule has 0 aliphatic heterocycles. The Labute approximate surface area is 94.4 Å². The second kappa shape index (κ2) is 6.05. The molecule has 0 aromatic carbocycles. The van der Waals surface area contributed by atoms with Crippen molar-refractivity contribution >= 4 is 17.7 Å².